The fourth-order valence-corrected chi connectivity index (χ4v) is 2.39. The van der Waals surface area contributed by atoms with Gasteiger partial charge in [0.1, 0.15) is 12.4 Å². The number of hydrogen-bond donors (Lipinski definition) is 1. The first-order valence-electron chi connectivity index (χ1n) is 8.27. The summed E-state index contributed by atoms with van der Waals surface area (Å²) < 4.78 is 20.5. The highest BCUT2D eigenvalue weighted by Gasteiger charge is 2.14. The van der Waals surface area contributed by atoms with E-state index in [-0.39, 0.29) is 6.61 Å². The van der Waals surface area contributed by atoms with E-state index in [1.165, 1.54) is 0 Å². The normalized spacial score (nSPS) is 11.2. The molecule has 1 aromatic carbocycles. The molecule has 0 aliphatic carbocycles. The number of aromatic amines is 1. The molecule has 0 aliphatic rings. The lowest BCUT2D eigenvalue weighted by Gasteiger charge is -2.10. The number of rotatable bonds is 10. The lowest BCUT2D eigenvalue weighted by atomic mass is 10.1. The molecule has 0 saturated heterocycles. The molecule has 0 fully saturated rings. The second-order valence-electron chi connectivity index (χ2n) is 5.85. The van der Waals surface area contributed by atoms with Crippen molar-refractivity contribution in [2.24, 2.45) is 0 Å². The number of aromatic nitrogens is 1. The molecule has 0 radical (unpaired) electrons. The molecule has 0 saturated carbocycles. The van der Waals surface area contributed by atoms with Gasteiger partial charge in [-0.25, -0.2) is 4.79 Å². The fraction of sp³-hybridized carbons (Fsp3) is 0.500. The second kappa shape index (κ2) is 10.0. The zero-order chi connectivity index (χ0) is 18.1. The van der Waals surface area contributed by atoms with Gasteiger partial charge in [0.05, 0.1) is 19.8 Å². The summed E-state index contributed by atoms with van der Waals surface area (Å²) in [5, 5.41) is 0.914. The number of nitrogens with zero attached hydrogens (tertiary/aromatic N) is 1. The SMILES string of the molecule is COCCOCCOC(=O)Oc1cccc2[nH]cc(CCN(C)C)c12. The molecule has 138 valence electrons. The predicted octanol–water partition coefficient (Wildman–Crippen LogP) is 2.45. The smallest absolute Gasteiger partial charge is 0.432 e. The van der Waals surface area contributed by atoms with Crippen LogP contribution >= 0.6 is 0 Å². The fourth-order valence-electron chi connectivity index (χ4n) is 2.39. The van der Waals surface area contributed by atoms with Crippen LogP contribution in [0.4, 0.5) is 4.79 Å². The Morgan fingerprint density at radius 3 is 2.72 bits per heavy atom. The van der Waals surface area contributed by atoms with Gasteiger partial charge in [-0.2, -0.15) is 0 Å². The molecule has 25 heavy (non-hydrogen) atoms. The van der Waals surface area contributed by atoms with Crippen molar-refractivity contribution in [2.45, 2.75) is 6.42 Å². The molecule has 7 heteroatoms. The van der Waals surface area contributed by atoms with Crippen LogP contribution in [0.5, 0.6) is 5.75 Å². The van der Waals surface area contributed by atoms with Crippen molar-refractivity contribution in [1.29, 1.82) is 0 Å². The van der Waals surface area contributed by atoms with E-state index in [0.29, 0.717) is 25.6 Å². The van der Waals surface area contributed by atoms with Crippen molar-refractivity contribution < 1.29 is 23.7 Å². The third-order valence-electron chi connectivity index (χ3n) is 3.65. The first kappa shape index (κ1) is 19.2. The van der Waals surface area contributed by atoms with E-state index in [9.17, 15) is 4.79 Å². The van der Waals surface area contributed by atoms with E-state index >= 15 is 0 Å². The molecule has 1 N–H and O–H groups in total. The standard InChI is InChI=1S/C18H26N2O5/c1-20(2)8-7-14-13-19-15-5-4-6-16(17(14)15)25-18(21)24-12-11-23-10-9-22-3/h4-6,13,19H,7-12H2,1-3H3. The third kappa shape index (κ3) is 6.04. The van der Waals surface area contributed by atoms with E-state index in [4.69, 9.17) is 18.9 Å². The summed E-state index contributed by atoms with van der Waals surface area (Å²) in [6.07, 6.45) is 2.08. The molecule has 2 aromatic rings. The molecule has 1 aromatic heterocycles. The molecule has 2 rings (SSSR count). The Bertz CT molecular complexity index is 669. The average molecular weight is 350 g/mol. The monoisotopic (exact) mass is 350 g/mol. The summed E-state index contributed by atoms with van der Waals surface area (Å²) in [7, 11) is 5.66. The van der Waals surface area contributed by atoms with Gasteiger partial charge in [-0.05, 0) is 38.2 Å². The van der Waals surface area contributed by atoms with Crippen molar-refractivity contribution in [1.82, 2.24) is 9.88 Å². The Hall–Kier alpha value is -2.09. The molecule has 0 aliphatic heterocycles. The summed E-state index contributed by atoms with van der Waals surface area (Å²) in [6, 6.07) is 5.56. The van der Waals surface area contributed by atoms with Crippen LogP contribution < -0.4 is 4.74 Å². The Balaban J connectivity index is 1.93. The van der Waals surface area contributed by atoms with E-state index in [0.717, 1.165) is 29.4 Å². The number of ether oxygens (including phenoxy) is 4. The Labute approximate surface area is 147 Å². The molecule has 0 bridgehead atoms. The first-order valence-corrected chi connectivity index (χ1v) is 8.27. The second-order valence-corrected chi connectivity index (χ2v) is 5.85. The van der Waals surface area contributed by atoms with Gasteiger partial charge >= 0.3 is 6.16 Å². The number of fused-ring (bicyclic) bond motifs is 1. The number of H-pyrrole nitrogens is 1. The van der Waals surface area contributed by atoms with Gasteiger partial charge in [-0.1, -0.05) is 6.07 Å². The van der Waals surface area contributed by atoms with Crippen molar-refractivity contribution in [3.05, 3.63) is 30.0 Å². The molecule has 7 nitrogen and oxygen atoms in total. The van der Waals surface area contributed by atoms with Crippen LogP contribution in [-0.4, -0.2) is 70.2 Å². The van der Waals surface area contributed by atoms with Crippen LogP contribution in [-0.2, 0) is 20.6 Å². The van der Waals surface area contributed by atoms with Crippen LogP contribution in [0.3, 0.4) is 0 Å². The zero-order valence-electron chi connectivity index (χ0n) is 15.0. The van der Waals surface area contributed by atoms with Gasteiger partial charge < -0.3 is 28.8 Å². The Kier molecular flexibility index (Phi) is 7.72. The van der Waals surface area contributed by atoms with E-state index in [2.05, 4.69) is 9.88 Å². The molecule has 1 heterocycles. The van der Waals surface area contributed by atoms with Crippen LogP contribution in [0.1, 0.15) is 5.56 Å². The quantitative estimate of drug-likeness (QED) is 0.403. The maximum absolute atomic E-state index is 11.9. The number of likely N-dealkylation sites (N-methyl/N-ethyl adjacent to an activating group) is 1. The summed E-state index contributed by atoms with van der Waals surface area (Å²) >= 11 is 0. The molecule has 0 amide bonds. The number of carbonyl (C=O) groups excluding carboxylic acids is 1. The van der Waals surface area contributed by atoms with Crippen LogP contribution in [0.25, 0.3) is 10.9 Å². The minimum Gasteiger partial charge on any atom is -0.432 e. The minimum absolute atomic E-state index is 0.138. The van der Waals surface area contributed by atoms with Gasteiger partial charge in [-0.15, -0.1) is 0 Å². The molecule has 0 atom stereocenters. The first-order chi connectivity index (χ1) is 12.1. The van der Waals surface area contributed by atoms with E-state index < -0.39 is 6.16 Å². The molecule has 0 spiro atoms. The van der Waals surface area contributed by atoms with Gasteiger partial charge in [0.15, 0.2) is 0 Å². The van der Waals surface area contributed by atoms with Crippen LogP contribution in [0, 0.1) is 0 Å². The van der Waals surface area contributed by atoms with Crippen molar-refractivity contribution in [2.75, 3.05) is 54.2 Å². The maximum Gasteiger partial charge on any atom is 0.513 e. The van der Waals surface area contributed by atoms with Crippen LogP contribution in [0.2, 0.25) is 0 Å². The summed E-state index contributed by atoms with van der Waals surface area (Å²) in [5.41, 5.74) is 2.04. The van der Waals surface area contributed by atoms with E-state index in [1.807, 2.05) is 32.4 Å². The van der Waals surface area contributed by atoms with Crippen molar-refractivity contribution in [3.63, 3.8) is 0 Å². The Morgan fingerprint density at radius 2 is 1.96 bits per heavy atom. The topological polar surface area (TPSA) is 73.0 Å². The summed E-state index contributed by atoms with van der Waals surface area (Å²) in [4.78, 5) is 17.2. The number of methoxy groups -OCH3 is 1. The molecule has 0 unspecified atom stereocenters. The van der Waals surface area contributed by atoms with Gasteiger partial charge in [0.2, 0.25) is 0 Å². The van der Waals surface area contributed by atoms with Gasteiger partial charge in [0, 0.05) is 30.8 Å². The Morgan fingerprint density at radius 1 is 1.16 bits per heavy atom. The van der Waals surface area contributed by atoms with Crippen molar-refractivity contribution in [3.8, 4) is 5.75 Å². The largest absolute Gasteiger partial charge is 0.513 e. The minimum atomic E-state index is -0.734. The maximum atomic E-state index is 11.9. The predicted molar refractivity (Wildman–Crippen MR) is 95.2 cm³/mol. The third-order valence-corrected chi connectivity index (χ3v) is 3.65. The zero-order valence-corrected chi connectivity index (χ0v) is 15.0. The average Bonchev–Trinajstić information content (AvgIpc) is 3.00. The van der Waals surface area contributed by atoms with E-state index in [1.54, 1.807) is 13.2 Å². The summed E-state index contributed by atoms with van der Waals surface area (Å²) in [5.74, 6) is 0.498. The highest BCUT2D eigenvalue weighted by molar-refractivity contribution is 5.90. The lowest BCUT2D eigenvalue weighted by molar-refractivity contribution is 0.0314. The van der Waals surface area contributed by atoms with Crippen LogP contribution in [0.15, 0.2) is 24.4 Å². The van der Waals surface area contributed by atoms with Gasteiger partial charge in [-0.3, -0.25) is 0 Å². The number of nitrogens with one attached hydrogen (secondary N) is 1. The molecular weight excluding hydrogens is 324 g/mol. The van der Waals surface area contributed by atoms with Crippen molar-refractivity contribution >= 4 is 17.1 Å². The lowest BCUT2D eigenvalue weighted by Crippen LogP contribution is -2.16. The number of carbonyl (C=O) groups is 1. The highest BCUT2D eigenvalue weighted by atomic mass is 16.7. The highest BCUT2D eigenvalue weighted by Crippen LogP contribution is 2.29. The summed E-state index contributed by atoms with van der Waals surface area (Å²) in [6.45, 7) is 2.33. The number of benzene rings is 1. The molecular formula is C18H26N2O5. The van der Waals surface area contributed by atoms with Gasteiger partial charge in [0.25, 0.3) is 0 Å². The number of hydrogen-bond acceptors (Lipinski definition) is 6.